The molecule has 1 saturated heterocycles. The van der Waals surface area contributed by atoms with E-state index in [9.17, 15) is 18.1 Å². The number of aryl methyl sites for hydroxylation is 1. The molecule has 0 aromatic carbocycles. The van der Waals surface area contributed by atoms with Crippen LogP contribution in [0.15, 0.2) is 17.1 Å². The smallest absolute Gasteiger partial charge is 0.346 e. The molecule has 2 atom stereocenters. The van der Waals surface area contributed by atoms with E-state index in [1.807, 2.05) is 0 Å². The molecule has 0 saturated carbocycles. The number of nitrogens with zero attached hydrogens (tertiary/aromatic N) is 2. The number of phosphoric ester groups is 1. The highest BCUT2D eigenvalue weighted by Gasteiger charge is 2.52. The van der Waals surface area contributed by atoms with Gasteiger partial charge in [-0.3, -0.25) is 9.09 Å². The molecule has 1 aromatic heterocycles. The minimum atomic E-state index is -4.77. The highest BCUT2D eigenvalue weighted by molar-refractivity contribution is 7.46. The summed E-state index contributed by atoms with van der Waals surface area (Å²) in [4.78, 5) is 32.2. The number of ether oxygens (including phenoxy) is 1. The second kappa shape index (κ2) is 5.54. The maximum Gasteiger partial charge on any atom is 0.469 e. The first kappa shape index (κ1) is 16.2. The number of aromatic nitrogens is 2. The first-order valence-corrected chi connectivity index (χ1v) is 7.41. The molecule has 11 heteroatoms. The molecule has 1 aromatic rings. The fraction of sp³-hybridized carbons (Fsp3) is 0.600. The van der Waals surface area contributed by atoms with Gasteiger partial charge in [0.05, 0.1) is 12.7 Å². The Kier molecular flexibility index (Phi) is 4.27. The molecule has 1 fully saturated rings. The van der Waals surface area contributed by atoms with E-state index in [1.165, 1.54) is 13.0 Å². The van der Waals surface area contributed by atoms with E-state index in [-0.39, 0.29) is 0 Å². The van der Waals surface area contributed by atoms with Gasteiger partial charge in [-0.15, -0.1) is 0 Å². The Balaban J connectivity index is 2.17. The third-order valence-corrected chi connectivity index (χ3v) is 3.32. The lowest BCUT2D eigenvalue weighted by Crippen LogP contribution is -2.35. The average molecular weight is 326 g/mol. The highest BCUT2D eigenvalue weighted by Crippen LogP contribution is 2.44. The molecule has 0 amide bonds. The summed E-state index contributed by atoms with van der Waals surface area (Å²) >= 11 is 0. The van der Waals surface area contributed by atoms with Crippen LogP contribution in [0.3, 0.4) is 0 Å². The van der Waals surface area contributed by atoms with E-state index >= 15 is 0 Å². The van der Waals surface area contributed by atoms with E-state index in [1.54, 1.807) is 0 Å². The van der Waals surface area contributed by atoms with E-state index in [0.29, 0.717) is 10.3 Å². The Bertz CT molecular complexity index is 630. The number of phosphoric acid groups is 1. The molecule has 1 aliphatic rings. The number of hydrogen-bond donors (Lipinski definition) is 2. The van der Waals surface area contributed by atoms with Crippen molar-refractivity contribution in [1.82, 2.24) is 9.55 Å². The van der Waals surface area contributed by atoms with Crippen LogP contribution in [0.25, 0.3) is 0 Å². The first-order chi connectivity index (χ1) is 9.58. The molecule has 0 bridgehead atoms. The molecule has 2 rings (SSSR count). The maximum atomic E-state index is 13.9. The van der Waals surface area contributed by atoms with Crippen molar-refractivity contribution in [3.63, 3.8) is 0 Å². The lowest BCUT2D eigenvalue weighted by molar-refractivity contribution is -0.120. The summed E-state index contributed by atoms with van der Waals surface area (Å²) in [6.07, 6.45) is -2.82. The van der Waals surface area contributed by atoms with Crippen LogP contribution in [0.5, 0.6) is 0 Å². The lowest BCUT2D eigenvalue weighted by Gasteiger charge is -2.19. The third kappa shape index (κ3) is 3.92. The van der Waals surface area contributed by atoms with E-state index in [0.717, 1.165) is 6.20 Å². The SMILES string of the molecule is Cc1ccn([C@@H]2O[C@H](COP(=O)(O)O)CC2(F)F)c(=O)n1. The minimum absolute atomic E-state index is 0.374. The molecule has 0 spiro atoms. The monoisotopic (exact) mass is 326 g/mol. The summed E-state index contributed by atoms with van der Waals surface area (Å²) < 4.78 is 48.1. The fourth-order valence-electron chi connectivity index (χ4n) is 1.96. The third-order valence-electron chi connectivity index (χ3n) is 2.83. The van der Waals surface area contributed by atoms with E-state index in [4.69, 9.17) is 14.5 Å². The Labute approximate surface area is 117 Å². The van der Waals surface area contributed by atoms with Gasteiger partial charge in [0.25, 0.3) is 5.92 Å². The topological polar surface area (TPSA) is 111 Å². The Morgan fingerprint density at radius 2 is 2.29 bits per heavy atom. The Morgan fingerprint density at radius 1 is 1.62 bits per heavy atom. The standard InChI is InChI=1S/C10H13F2N2O6P/c1-6-2-3-14(9(15)13-6)8-10(11,12)4-7(20-8)5-19-21(16,17)18/h2-3,7-8H,4-5H2,1H3,(H2,16,17,18)/t7-,8+/m0/s1. The lowest BCUT2D eigenvalue weighted by atomic mass is 10.2. The molecule has 0 unspecified atom stereocenters. The van der Waals surface area contributed by atoms with Crippen LogP contribution in [0.4, 0.5) is 8.78 Å². The van der Waals surface area contributed by atoms with Gasteiger partial charge in [-0.05, 0) is 13.0 Å². The molecular weight excluding hydrogens is 313 g/mol. The van der Waals surface area contributed by atoms with E-state index < -0.39 is 44.8 Å². The highest BCUT2D eigenvalue weighted by atomic mass is 31.2. The van der Waals surface area contributed by atoms with Crippen molar-refractivity contribution < 1.29 is 32.4 Å². The second-order valence-electron chi connectivity index (χ2n) is 4.62. The van der Waals surface area contributed by atoms with Crippen LogP contribution in [-0.2, 0) is 13.8 Å². The average Bonchev–Trinajstić information content (AvgIpc) is 2.61. The summed E-state index contributed by atoms with van der Waals surface area (Å²) in [6, 6.07) is 1.38. The second-order valence-corrected chi connectivity index (χ2v) is 5.86. The van der Waals surface area contributed by atoms with Crippen molar-refractivity contribution in [3.8, 4) is 0 Å². The predicted octanol–water partition coefficient (Wildman–Crippen LogP) is 0.584. The van der Waals surface area contributed by atoms with Crippen molar-refractivity contribution in [3.05, 3.63) is 28.4 Å². The first-order valence-electron chi connectivity index (χ1n) is 5.88. The zero-order chi connectivity index (χ0) is 15.8. The van der Waals surface area contributed by atoms with Gasteiger partial charge in [0.15, 0.2) is 0 Å². The van der Waals surface area contributed by atoms with Gasteiger partial charge in [-0.2, -0.15) is 4.98 Å². The predicted molar refractivity (Wildman–Crippen MR) is 64.7 cm³/mol. The van der Waals surface area contributed by atoms with Gasteiger partial charge in [0.1, 0.15) is 0 Å². The van der Waals surface area contributed by atoms with Crippen molar-refractivity contribution in [1.29, 1.82) is 0 Å². The summed E-state index contributed by atoms with van der Waals surface area (Å²) in [5.41, 5.74) is -0.518. The molecule has 21 heavy (non-hydrogen) atoms. The van der Waals surface area contributed by atoms with Gasteiger partial charge in [-0.25, -0.2) is 18.1 Å². The van der Waals surface area contributed by atoms with Crippen molar-refractivity contribution in [2.24, 2.45) is 0 Å². The van der Waals surface area contributed by atoms with Crippen molar-refractivity contribution >= 4 is 7.82 Å². The molecule has 8 nitrogen and oxygen atoms in total. The zero-order valence-corrected chi connectivity index (χ0v) is 11.7. The van der Waals surface area contributed by atoms with Crippen molar-refractivity contribution in [2.45, 2.75) is 31.6 Å². The van der Waals surface area contributed by atoms with Gasteiger partial charge >= 0.3 is 13.5 Å². The van der Waals surface area contributed by atoms with E-state index in [2.05, 4.69) is 9.51 Å². The summed E-state index contributed by atoms with van der Waals surface area (Å²) in [7, 11) is -4.77. The van der Waals surface area contributed by atoms with Gasteiger partial charge < -0.3 is 14.5 Å². The van der Waals surface area contributed by atoms with Crippen LogP contribution in [-0.4, -0.2) is 38.0 Å². The van der Waals surface area contributed by atoms with Crippen LogP contribution in [0.2, 0.25) is 0 Å². The fourth-order valence-corrected chi connectivity index (χ4v) is 2.32. The largest absolute Gasteiger partial charge is 0.469 e. The van der Waals surface area contributed by atoms with Gasteiger partial charge in [0.2, 0.25) is 6.23 Å². The van der Waals surface area contributed by atoms with Crippen molar-refractivity contribution in [2.75, 3.05) is 6.61 Å². The maximum absolute atomic E-state index is 13.9. The zero-order valence-electron chi connectivity index (χ0n) is 10.8. The summed E-state index contributed by atoms with van der Waals surface area (Å²) in [5.74, 6) is -3.39. The van der Waals surface area contributed by atoms with Gasteiger partial charge in [-0.1, -0.05) is 0 Å². The quantitative estimate of drug-likeness (QED) is 0.779. The number of halogens is 2. The molecular formula is C10H13F2N2O6P. The number of rotatable bonds is 4. The Hall–Kier alpha value is -1.19. The normalized spacial score (nSPS) is 25.2. The Morgan fingerprint density at radius 3 is 2.86 bits per heavy atom. The summed E-state index contributed by atoms with van der Waals surface area (Å²) in [6.45, 7) is 0.834. The molecule has 0 aliphatic carbocycles. The van der Waals surface area contributed by atoms with Crippen LogP contribution in [0, 0.1) is 6.92 Å². The number of hydrogen-bond acceptors (Lipinski definition) is 5. The molecule has 2 heterocycles. The minimum Gasteiger partial charge on any atom is -0.346 e. The molecule has 1 aliphatic heterocycles. The van der Waals surface area contributed by atoms with Crippen LogP contribution >= 0.6 is 7.82 Å². The number of alkyl halides is 2. The summed E-state index contributed by atoms with van der Waals surface area (Å²) in [5, 5.41) is 0. The molecule has 118 valence electrons. The van der Waals surface area contributed by atoms with Crippen LogP contribution < -0.4 is 5.69 Å². The molecule has 2 N–H and O–H groups in total. The van der Waals surface area contributed by atoms with Gasteiger partial charge in [0, 0.05) is 18.3 Å². The van der Waals surface area contributed by atoms with Crippen LogP contribution in [0.1, 0.15) is 18.3 Å². The molecule has 0 radical (unpaired) electrons.